The third-order valence-electron chi connectivity index (χ3n) is 2.23. The molecule has 0 aliphatic rings. The molecule has 0 spiro atoms. The summed E-state index contributed by atoms with van der Waals surface area (Å²) in [7, 11) is 0. The predicted molar refractivity (Wildman–Crippen MR) is 66.6 cm³/mol. The molecule has 1 aromatic carbocycles. The zero-order chi connectivity index (χ0) is 12.4. The average Bonchev–Trinajstić information content (AvgIpc) is 2.77. The first-order valence-electron chi connectivity index (χ1n) is 5.21. The molecular formula is C12H11BrN2O2. The highest BCUT2D eigenvalue weighted by molar-refractivity contribution is 9.10. The molecule has 4 nitrogen and oxygen atoms in total. The Balaban J connectivity index is 2.33. The van der Waals surface area contributed by atoms with Gasteiger partial charge in [0, 0.05) is 16.0 Å². The van der Waals surface area contributed by atoms with Crippen LogP contribution in [-0.2, 0) is 0 Å². The van der Waals surface area contributed by atoms with Gasteiger partial charge in [0.2, 0.25) is 11.7 Å². The first-order valence-corrected chi connectivity index (χ1v) is 6.01. The number of ketones is 1. The minimum Gasteiger partial charge on any atom is -0.414 e. The molecule has 0 radical (unpaired) electrons. The van der Waals surface area contributed by atoms with E-state index in [-0.39, 0.29) is 17.6 Å². The Morgan fingerprint density at radius 1 is 1.35 bits per heavy atom. The van der Waals surface area contributed by atoms with Gasteiger partial charge in [-0.1, -0.05) is 35.8 Å². The molecule has 0 N–H and O–H groups in total. The van der Waals surface area contributed by atoms with Crippen molar-refractivity contribution in [3.05, 3.63) is 34.6 Å². The molecule has 0 saturated heterocycles. The summed E-state index contributed by atoms with van der Waals surface area (Å²) in [6.07, 6.45) is 0. The quantitative estimate of drug-likeness (QED) is 0.815. The van der Waals surface area contributed by atoms with E-state index in [1.807, 2.05) is 24.3 Å². The van der Waals surface area contributed by atoms with E-state index in [0.29, 0.717) is 5.89 Å². The monoisotopic (exact) mass is 294 g/mol. The van der Waals surface area contributed by atoms with Crippen LogP contribution in [0.25, 0.3) is 11.5 Å². The Morgan fingerprint density at radius 2 is 2.12 bits per heavy atom. The maximum Gasteiger partial charge on any atom is 0.284 e. The zero-order valence-corrected chi connectivity index (χ0v) is 11.1. The van der Waals surface area contributed by atoms with E-state index < -0.39 is 0 Å². The predicted octanol–water partition coefficient (Wildman–Crippen LogP) is 3.34. The van der Waals surface area contributed by atoms with Crippen LogP contribution in [0.2, 0.25) is 0 Å². The second kappa shape index (κ2) is 4.79. The fourth-order valence-corrected chi connectivity index (χ4v) is 1.71. The average molecular weight is 295 g/mol. The minimum absolute atomic E-state index is 0.0648. The lowest BCUT2D eigenvalue weighted by Crippen LogP contribution is -2.07. The SMILES string of the molecule is CC(C)C(=O)c1nnc(-c2cccc(Br)c2)o1. The normalized spacial score (nSPS) is 10.8. The van der Waals surface area contributed by atoms with Crippen LogP contribution in [0.4, 0.5) is 0 Å². The molecule has 0 atom stereocenters. The molecule has 0 aliphatic carbocycles. The number of halogens is 1. The lowest BCUT2D eigenvalue weighted by atomic mass is 10.1. The van der Waals surface area contributed by atoms with Crippen LogP contribution in [0, 0.1) is 5.92 Å². The Kier molecular flexibility index (Phi) is 3.38. The molecular weight excluding hydrogens is 284 g/mol. The number of aromatic nitrogens is 2. The van der Waals surface area contributed by atoms with E-state index >= 15 is 0 Å². The number of hydrogen-bond acceptors (Lipinski definition) is 4. The molecule has 0 fully saturated rings. The molecule has 5 heteroatoms. The van der Waals surface area contributed by atoms with Gasteiger partial charge in [0.05, 0.1) is 0 Å². The highest BCUT2D eigenvalue weighted by Crippen LogP contribution is 2.22. The van der Waals surface area contributed by atoms with E-state index in [2.05, 4.69) is 26.1 Å². The number of carbonyl (C=O) groups is 1. The van der Waals surface area contributed by atoms with Gasteiger partial charge in [0.25, 0.3) is 5.89 Å². The number of carbonyl (C=O) groups excluding carboxylic acids is 1. The second-order valence-corrected chi connectivity index (χ2v) is 4.86. The van der Waals surface area contributed by atoms with Crippen molar-refractivity contribution in [2.75, 3.05) is 0 Å². The maximum atomic E-state index is 11.7. The summed E-state index contributed by atoms with van der Waals surface area (Å²) in [4.78, 5) is 11.7. The minimum atomic E-state index is -0.147. The first kappa shape index (κ1) is 12.0. The molecule has 0 amide bonds. The fourth-order valence-electron chi connectivity index (χ4n) is 1.31. The van der Waals surface area contributed by atoms with Crippen LogP contribution in [0.1, 0.15) is 24.5 Å². The van der Waals surface area contributed by atoms with E-state index in [1.165, 1.54) is 0 Å². The first-order chi connectivity index (χ1) is 8.08. The summed E-state index contributed by atoms with van der Waals surface area (Å²) in [6, 6.07) is 7.48. The largest absolute Gasteiger partial charge is 0.414 e. The van der Waals surface area contributed by atoms with Crippen molar-refractivity contribution in [1.29, 1.82) is 0 Å². The Bertz CT molecular complexity index is 549. The van der Waals surface area contributed by atoms with Crippen molar-refractivity contribution in [3.8, 4) is 11.5 Å². The Morgan fingerprint density at radius 3 is 2.76 bits per heavy atom. The summed E-state index contributed by atoms with van der Waals surface area (Å²) >= 11 is 3.36. The van der Waals surface area contributed by atoms with Crippen LogP contribution in [0.5, 0.6) is 0 Å². The molecule has 0 unspecified atom stereocenters. The van der Waals surface area contributed by atoms with Gasteiger partial charge in [-0.2, -0.15) is 0 Å². The lowest BCUT2D eigenvalue weighted by Gasteiger charge is -1.97. The van der Waals surface area contributed by atoms with Gasteiger partial charge < -0.3 is 4.42 Å². The van der Waals surface area contributed by atoms with Crippen LogP contribution >= 0.6 is 15.9 Å². The summed E-state index contributed by atoms with van der Waals surface area (Å²) in [5, 5.41) is 7.63. The topological polar surface area (TPSA) is 56.0 Å². The lowest BCUT2D eigenvalue weighted by molar-refractivity contribution is 0.0905. The third-order valence-corrected chi connectivity index (χ3v) is 2.72. The number of nitrogens with zero attached hydrogens (tertiary/aromatic N) is 2. The smallest absolute Gasteiger partial charge is 0.284 e. The van der Waals surface area contributed by atoms with Crippen LogP contribution < -0.4 is 0 Å². The van der Waals surface area contributed by atoms with Crippen molar-refractivity contribution in [3.63, 3.8) is 0 Å². The Hall–Kier alpha value is -1.49. The highest BCUT2D eigenvalue weighted by Gasteiger charge is 2.18. The van der Waals surface area contributed by atoms with Gasteiger partial charge in [0.1, 0.15) is 0 Å². The summed E-state index contributed by atoms with van der Waals surface area (Å²) in [5.74, 6) is 0.134. The van der Waals surface area contributed by atoms with Crippen LogP contribution in [0.3, 0.4) is 0 Å². The molecule has 2 aromatic rings. The standard InChI is InChI=1S/C12H11BrN2O2/c1-7(2)10(16)12-15-14-11(17-12)8-4-3-5-9(13)6-8/h3-7H,1-2H3. The fraction of sp³-hybridized carbons (Fsp3) is 0.250. The summed E-state index contributed by atoms with van der Waals surface area (Å²) < 4.78 is 6.28. The molecule has 17 heavy (non-hydrogen) atoms. The van der Waals surface area contributed by atoms with Crippen molar-refractivity contribution < 1.29 is 9.21 Å². The Labute approximate surface area is 107 Å². The highest BCUT2D eigenvalue weighted by atomic mass is 79.9. The van der Waals surface area contributed by atoms with Crippen molar-refractivity contribution in [2.45, 2.75) is 13.8 Å². The molecule has 0 saturated carbocycles. The van der Waals surface area contributed by atoms with Gasteiger partial charge in [-0.15, -0.1) is 10.2 Å². The summed E-state index contributed by atoms with van der Waals surface area (Å²) in [5.41, 5.74) is 0.787. The molecule has 1 aromatic heterocycles. The van der Waals surface area contributed by atoms with Crippen LogP contribution in [0.15, 0.2) is 33.2 Å². The van der Waals surface area contributed by atoms with Gasteiger partial charge in [-0.25, -0.2) is 0 Å². The molecule has 0 aliphatic heterocycles. The number of rotatable bonds is 3. The maximum absolute atomic E-state index is 11.7. The molecule has 88 valence electrons. The molecule has 1 heterocycles. The van der Waals surface area contributed by atoms with Crippen molar-refractivity contribution >= 4 is 21.7 Å². The summed E-state index contributed by atoms with van der Waals surface area (Å²) in [6.45, 7) is 3.59. The van der Waals surface area contributed by atoms with Gasteiger partial charge in [0.15, 0.2) is 0 Å². The van der Waals surface area contributed by atoms with Gasteiger partial charge in [-0.05, 0) is 18.2 Å². The van der Waals surface area contributed by atoms with Gasteiger partial charge >= 0.3 is 0 Å². The molecule has 0 bridgehead atoms. The van der Waals surface area contributed by atoms with Crippen LogP contribution in [-0.4, -0.2) is 16.0 Å². The number of benzene rings is 1. The van der Waals surface area contributed by atoms with E-state index in [0.717, 1.165) is 10.0 Å². The second-order valence-electron chi connectivity index (χ2n) is 3.94. The van der Waals surface area contributed by atoms with Crippen molar-refractivity contribution in [2.24, 2.45) is 5.92 Å². The van der Waals surface area contributed by atoms with E-state index in [4.69, 9.17) is 4.42 Å². The zero-order valence-electron chi connectivity index (χ0n) is 9.48. The number of Topliss-reactive ketones (excluding diaryl/α,β-unsaturated/α-hetero) is 1. The number of hydrogen-bond donors (Lipinski definition) is 0. The third kappa shape index (κ3) is 2.61. The van der Waals surface area contributed by atoms with E-state index in [1.54, 1.807) is 13.8 Å². The van der Waals surface area contributed by atoms with Gasteiger partial charge in [-0.3, -0.25) is 4.79 Å². The van der Waals surface area contributed by atoms with Crippen molar-refractivity contribution in [1.82, 2.24) is 10.2 Å². The van der Waals surface area contributed by atoms with E-state index in [9.17, 15) is 4.79 Å². The molecule has 2 rings (SSSR count).